The highest BCUT2D eigenvalue weighted by Crippen LogP contribution is 2.17. The SMILES string of the molecule is COc1ccc(NC(=O)N2CCN(c3ccc(=O)n(-c4ccccc4)n3)CC2)cc1. The van der Waals surface area contributed by atoms with Crippen molar-refractivity contribution in [3.05, 3.63) is 77.1 Å². The van der Waals surface area contributed by atoms with Crippen LogP contribution in [-0.2, 0) is 0 Å². The van der Waals surface area contributed by atoms with Crippen LogP contribution in [0.2, 0.25) is 0 Å². The molecule has 0 spiro atoms. The summed E-state index contributed by atoms with van der Waals surface area (Å²) in [6, 6.07) is 19.7. The lowest BCUT2D eigenvalue weighted by molar-refractivity contribution is 0.208. The maximum absolute atomic E-state index is 12.6. The van der Waals surface area contributed by atoms with Crippen molar-refractivity contribution in [1.29, 1.82) is 0 Å². The third-order valence-electron chi connectivity index (χ3n) is 5.02. The van der Waals surface area contributed by atoms with Crippen molar-refractivity contribution in [2.24, 2.45) is 0 Å². The molecule has 2 amide bonds. The Kier molecular flexibility index (Phi) is 5.65. The number of urea groups is 1. The van der Waals surface area contributed by atoms with Crippen molar-refractivity contribution < 1.29 is 9.53 Å². The summed E-state index contributed by atoms with van der Waals surface area (Å²) < 4.78 is 6.53. The van der Waals surface area contributed by atoms with Crippen LogP contribution in [0.15, 0.2) is 71.5 Å². The molecule has 0 radical (unpaired) electrons. The van der Waals surface area contributed by atoms with Gasteiger partial charge in [0.15, 0.2) is 0 Å². The van der Waals surface area contributed by atoms with Gasteiger partial charge in [-0.05, 0) is 42.5 Å². The van der Waals surface area contributed by atoms with Crippen LogP contribution < -0.4 is 20.5 Å². The van der Waals surface area contributed by atoms with Crippen LogP contribution >= 0.6 is 0 Å². The Bertz CT molecular complexity index is 1060. The fourth-order valence-electron chi connectivity index (χ4n) is 3.34. The monoisotopic (exact) mass is 405 g/mol. The normalized spacial score (nSPS) is 13.8. The molecule has 1 aromatic heterocycles. The molecule has 0 atom stereocenters. The zero-order valence-electron chi connectivity index (χ0n) is 16.7. The van der Waals surface area contributed by atoms with E-state index in [0.29, 0.717) is 32.0 Å². The standard InChI is InChI=1S/C22H23N5O3/c1-30-19-9-7-17(8-10-19)23-22(29)26-15-13-25(14-16-26)20-11-12-21(28)27(24-20)18-5-3-2-4-6-18/h2-12H,13-16H2,1H3,(H,23,29). The molecule has 2 heterocycles. The van der Waals surface area contributed by atoms with Gasteiger partial charge in [0.2, 0.25) is 0 Å². The van der Waals surface area contributed by atoms with E-state index in [1.165, 1.54) is 10.7 Å². The first-order valence-corrected chi connectivity index (χ1v) is 9.75. The first kappa shape index (κ1) is 19.5. The molecular weight excluding hydrogens is 382 g/mol. The molecule has 30 heavy (non-hydrogen) atoms. The summed E-state index contributed by atoms with van der Waals surface area (Å²) in [6.07, 6.45) is 0. The average Bonchev–Trinajstić information content (AvgIpc) is 2.80. The van der Waals surface area contributed by atoms with Crippen molar-refractivity contribution in [3.8, 4) is 11.4 Å². The first-order valence-electron chi connectivity index (χ1n) is 9.75. The lowest BCUT2D eigenvalue weighted by Crippen LogP contribution is -2.50. The second kappa shape index (κ2) is 8.69. The van der Waals surface area contributed by atoms with Gasteiger partial charge in [0.1, 0.15) is 11.6 Å². The average molecular weight is 405 g/mol. The molecule has 8 nitrogen and oxygen atoms in total. The highest BCUT2D eigenvalue weighted by molar-refractivity contribution is 5.89. The number of methoxy groups -OCH3 is 1. The number of benzene rings is 2. The molecule has 8 heteroatoms. The summed E-state index contributed by atoms with van der Waals surface area (Å²) in [7, 11) is 1.61. The Balaban J connectivity index is 1.39. The Morgan fingerprint density at radius 2 is 1.63 bits per heavy atom. The van der Waals surface area contributed by atoms with Crippen molar-refractivity contribution in [3.63, 3.8) is 0 Å². The highest BCUT2D eigenvalue weighted by Gasteiger charge is 2.22. The fraction of sp³-hybridized carbons (Fsp3) is 0.227. The molecule has 2 aromatic carbocycles. The predicted octanol–water partition coefficient (Wildman–Crippen LogP) is 2.60. The zero-order chi connectivity index (χ0) is 20.9. The van der Waals surface area contributed by atoms with E-state index < -0.39 is 0 Å². The molecule has 1 N–H and O–H groups in total. The van der Waals surface area contributed by atoms with E-state index in [-0.39, 0.29) is 11.6 Å². The van der Waals surface area contributed by atoms with Crippen molar-refractivity contribution in [1.82, 2.24) is 14.7 Å². The smallest absolute Gasteiger partial charge is 0.321 e. The van der Waals surface area contributed by atoms with Crippen LogP contribution in [-0.4, -0.2) is 54.0 Å². The molecule has 4 rings (SSSR count). The third-order valence-corrected chi connectivity index (χ3v) is 5.02. The van der Waals surface area contributed by atoms with E-state index in [9.17, 15) is 9.59 Å². The lowest BCUT2D eigenvalue weighted by Gasteiger charge is -2.35. The van der Waals surface area contributed by atoms with Gasteiger partial charge in [-0.25, -0.2) is 4.79 Å². The largest absolute Gasteiger partial charge is 0.497 e. The Morgan fingerprint density at radius 1 is 0.933 bits per heavy atom. The minimum atomic E-state index is -0.178. The molecule has 0 bridgehead atoms. The van der Waals surface area contributed by atoms with Crippen LogP contribution in [0.25, 0.3) is 5.69 Å². The number of hydrogen-bond acceptors (Lipinski definition) is 5. The number of carbonyl (C=O) groups excluding carboxylic acids is 1. The number of nitrogens with zero attached hydrogens (tertiary/aromatic N) is 4. The van der Waals surface area contributed by atoms with E-state index in [0.717, 1.165) is 17.1 Å². The van der Waals surface area contributed by atoms with Crippen LogP contribution in [0, 0.1) is 0 Å². The molecule has 0 saturated carbocycles. The van der Waals surface area contributed by atoms with E-state index in [4.69, 9.17) is 4.74 Å². The van der Waals surface area contributed by atoms with E-state index >= 15 is 0 Å². The number of anilines is 2. The Morgan fingerprint density at radius 3 is 2.30 bits per heavy atom. The molecule has 1 aliphatic rings. The third kappa shape index (κ3) is 4.27. The molecule has 3 aromatic rings. The summed E-state index contributed by atoms with van der Waals surface area (Å²) >= 11 is 0. The first-order chi connectivity index (χ1) is 14.6. The minimum absolute atomic E-state index is 0.137. The number of carbonyl (C=O) groups is 1. The minimum Gasteiger partial charge on any atom is -0.497 e. The van der Waals surface area contributed by atoms with Gasteiger partial charge in [0.25, 0.3) is 5.56 Å². The van der Waals surface area contributed by atoms with E-state index in [2.05, 4.69) is 15.3 Å². The highest BCUT2D eigenvalue weighted by atomic mass is 16.5. The Hall–Kier alpha value is -3.81. The number of hydrogen-bond donors (Lipinski definition) is 1. The molecule has 154 valence electrons. The van der Waals surface area contributed by atoms with Gasteiger partial charge in [0.05, 0.1) is 12.8 Å². The Labute approximate surface area is 174 Å². The number of nitrogens with one attached hydrogen (secondary N) is 1. The van der Waals surface area contributed by atoms with Crippen LogP contribution in [0.4, 0.5) is 16.3 Å². The summed E-state index contributed by atoms with van der Waals surface area (Å²) in [4.78, 5) is 28.6. The molecule has 1 aliphatic heterocycles. The molecular formula is C22H23N5O3. The second-order valence-electron chi connectivity index (χ2n) is 6.91. The topological polar surface area (TPSA) is 79.7 Å². The van der Waals surface area contributed by atoms with Gasteiger partial charge in [-0.1, -0.05) is 18.2 Å². The van der Waals surface area contributed by atoms with Crippen LogP contribution in [0.1, 0.15) is 0 Å². The van der Waals surface area contributed by atoms with Crippen molar-refractivity contribution >= 4 is 17.5 Å². The van der Waals surface area contributed by atoms with Crippen LogP contribution in [0.5, 0.6) is 5.75 Å². The summed E-state index contributed by atoms with van der Waals surface area (Å²) in [5.74, 6) is 1.46. The number of rotatable bonds is 4. The van der Waals surface area contributed by atoms with Gasteiger partial charge in [0, 0.05) is 37.9 Å². The number of piperazine rings is 1. The van der Waals surface area contributed by atoms with Gasteiger partial charge < -0.3 is 19.9 Å². The molecule has 0 aliphatic carbocycles. The molecule has 0 unspecified atom stereocenters. The second-order valence-corrected chi connectivity index (χ2v) is 6.91. The van der Waals surface area contributed by atoms with E-state index in [1.807, 2.05) is 42.5 Å². The quantitative estimate of drug-likeness (QED) is 0.722. The maximum atomic E-state index is 12.6. The van der Waals surface area contributed by atoms with Gasteiger partial charge in [-0.3, -0.25) is 4.79 Å². The number of aromatic nitrogens is 2. The summed E-state index contributed by atoms with van der Waals surface area (Å²) in [5.41, 5.74) is 1.27. The zero-order valence-corrected chi connectivity index (χ0v) is 16.7. The van der Waals surface area contributed by atoms with Crippen LogP contribution in [0.3, 0.4) is 0 Å². The summed E-state index contributed by atoms with van der Waals surface area (Å²) in [5, 5.41) is 7.43. The lowest BCUT2D eigenvalue weighted by atomic mass is 10.3. The van der Waals surface area contributed by atoms with E-state index in [1.54, 1.807) is 30.2 Å². The van der Waals surface area contributed by atoms with Gasteiger partial charge in [-0.15, -0.1) is 5.10 Å². The fourth-order valence-corrected chi connectivity index (χ4v) is 3.34. The molecule has 1 fully saturated rings. The predicted molar refractivity (Wildman–Crippen MR) is 116 cm³/mol. The maximum Gasteiger partial charge on any atom is 0.321 e. The summed E-state index contributed by atoms with van der Waals surface area (Å²) in [6.45, 7) is 2.40. The molecule has 1 saturated heterocycles. The van der Waals surface area contributed by atoms with Crippen molar-refractivity contribution in [2.75, 3.05) is 43.5 Å². The van der Waals surface area contributed by atoms with Gasteiger partial charge >= 0.3 is 6.03 Å². The number of para-hydroxylation sites is 1. The van der Waals surface area contributed by atoms with Gasteiger partial charge in [-0.2, -0.15) is 4.68 Å². The van der Waals surface area contributed by atoms with Crippen molar-refractivity contribution in [2.45, 2.75) is 0 Å². The number of ether oxygens (including phenoxy) is 1. The number of amides is 2.